The topological polar surface area (TPSA) is 54.0 Å². The van der Waals surface area contributed by atoms with E-state index in [0.29, 0.717) is 29.0 Å². The Morgan fingerprint density at radius 1 is 0.761 bits per heavy atom. The van der Waals surface area contributed by atoms with Crippen molar-refractivity contribution in [2.75, 3.05) is 13.7 Å². The summed E-state index contributed by atoms with van der Waals surface area (Å²) >= 11 is 0. The Bertz CT molecular complexity index is 833. The Labute approximate surface area is 291 Å². The summed E-state index contributed by atoms with van der Waals surface area (Å²) in [7, 11) is -4.26. The fourth-order valence-electron chi connectivity index (χ4n) is 7.31. The first-order valence-electron chi connectivity index (χ1n) is 18.8. The van der Waals surface area contributed by atoms with Crippen molar-refractivity contribution in [1.82, 2.24) is 0 Å². The highest BCUT2D eigenvalue weighted by Gasteiger charge is 2.47. The quantitative estimate of drug-likeness (QED) is 0.0570. The fourth-order valence-corrected chi connectivity index (χ4v) is 17.3. The van der Waals surface area contributed by atoms with Gasteiger partial charge >= 0.3 is 0 Å². The van der Waals surface area contributed by atoms with E-state index < -0.39 is 25.0 Å². The van der Waals surface area contributed by atoms with Gasteiger partial charge in [-0.2, -0.15) is 0 Å². The molecular formula is C38H80O5Si3. The maximum atomic E-state index is 11.1. The average molecular weight is 701 g/mol. The summed E-state index contributed by atoms with van der Waals surface area (Å²) in [6.07, 6.45) is 7.78. The number of aldehydes is 1. The molecule has 0 aromatic heterocycles. The third kappa shape index (κ3) is 13.0. The third-order valence-electron chi connectivity index (χ3n) is 11.7. The summed E-state index contributed by atoms with van der Waals surface area (Å²) in [6, 6.07) is 3.36. The van der Waals surface area contributed by atoms with E-state index in [1.165, 1.54) is 0 Å². The van der Waals surface area contributed by atoms with Gasteiger partial charge in [-0.15, -0.1) is 0 Å². The van der Waals surface area contributed by atoms with E-state index in [2.05, 4.69) is 129 Å². The van der Waals surface area contributed by atoms with Crippen LogP contribution in [-0.4, -0.2) is 63.3 Å². The minimum absolute atomic E-state index is 0.00998. The normalized spacial score (nSPS) is 17.9. The predicted molar refractivity (Wildman–Crippen MR) is 208 cm³/mol. The highest BCUT2D eigenvalue weighted by molar-refractivity contribution is 6.77. The standard InChI is InChI=1S/C38H80O5Si3/c1-19-45(20-2,21-3)42-36(24-22-23-35(40-16)27-32(10)25-26-39)34(12)37(43-44(17,18)38(13,14)15)33(11)28-41-46(29(4)5,30(6)7)31(8)9/h22-23,26,29-37H,19-21,24-25,27-28H2,1-18H3/b23-22+/t32-,33+,34-,35+,36+,37+/m1/s1. The van der Waals surface area contributed by atoms with Crippen molar-refractivity contribution in [3.05, 3.63) is 12.2 Å². The van der Waals surface area contributed by atoms with E-state index in [1.807, 2.05) is 0 Å². The maximum Gasteiger partial charge on any atom is 0.200 e. The first-order chi connectivity index (χ1) is 21.1. The molecule has 0 N–H and O–H groups in total. The first-order valence-corrected chi connectivity index (χ1v) is 26.3. The van der Waals surface area contributed by atoms with Crippen LogP contribution in [0.4, 0.5) is 0 Å². The second-order valence-electron chi connectivity index (χ2n) is 16.9. The molecule has 0 heterocycles. The Kier molecular flexibility index (Phi) is 20.5. The molecule has 6 atom stereocenters. The van der Waals surface area contributed by atoms with Gasteiger partial charge < -0.3 is 22.8 Å². The van der Waals surface area contributed by atoms with Gasteiger partial charge in [-0.05, 0) is 71.6 Å². The Hall–Kier alpha value is -0.0994. The minimum atomic E-state index is -2.10. The molecule has 0 aromatic carbocycles. The van der Waals surface area contributed by atoms with Crippen LogP contribution in [0.1, 0.15) is 123 Å². The van der Waals surface area contributed by atoms with Crippen molar-refractivity contribution < 1.29 is 22.8 Å². The molecule has 0 unspecified atom stereocenters. The van der Waals surface area contributed by atoms with Gasteiger partial charge in [-0.1, -0.05) is 116 Å². The number of hydrogen-bond acceptors (Lipinski definition) is 5. The highest BCUT2D eigenvalue weighted by Crippen LogP contribution is 2.44. The summed E-state index contributed by atoms with van der Waals surface area (Å²) in [4.78, 5) is 11.1. The van der Waals surface area contributed by atoms with E-state index in [0.717, 1.165) is 43.9 Å². The van der Waals surface area contributed by atoms with E-state index in [-0.39, 0.29) is 35.2 Å². The number of carbonyl (C=O) groups is 1. The van der Waals surface area contributed by atoms with E-state index in [1.54, 1.807) is 7.11 Å². The van der Waals surface area contributed by atoms with Crippen LogP contribution >= 0.6 is 0 Å². The summed E-state index contributed by atoms with van der Waals surface area (Å²) in [5, 5.41) is 0.104. The van der Waals surface area contributed by atoms with Crippen molar-refractivity contribution >= 4 is 31.2 Å². The van der Waals surface area contributed by atoms with Crippen LogP contribution in [0.15, 0.2) is 12.2 Å². The van der Waals surface area contributed by atoms with Gasteiger partial charge in [0.15, 0.2) is 25.0 Å². The highest BCUT2D eigenvalue weighted by atomic mass is 28.4. The molecule has 0 aliphatic carbocycles. The molecule has 46 heavy (non-hydrogen) atoms. The zero-order valence-electron chi connectivity index (χ0n) is 33.9. The summed E-state index contributed by atoms with van der Waals surface area (Å²) in [5.74, 6) is 0.719. The van der Waals surface area contributed by atoms with Crippen LogP contribution in [0, 0.1) is 17.8 Å². The van der Waals surface area contributed by atoms with Crippen LogP contribution in [0.3, 0.4) is 0 Å². The molecule has 0 bridgehead atoms. The van der Waals surface area contributed by atoms with Crippen molar-refractivity contribution in [1.29, 1.82) is 0 Å². The SMILES string of the molecule is CC[Si](CC)(CC)O[C@@H](C/C=C/[C@@H](C[C@H](C)CC=O)OC)[C@@H](C)[C@@H](O[Si](C)(C)C(C)(C)C)[C@@H](C)CO[Si](C(C)C)(C(C)C)C(C)C. The van der Waals surface area contributed by atoms with E-state index >= 15 is 0 Å². The molecule has 0 saturated heterocycles. The largest absolute Gasteiger partial charge is 0.416 e. The molecule has 0 radical (unpaired) electrons. The van der Waals surface area contributed by atoms with E-state index in [4.69, 9.17) is 18.0 Å². The molecule has 0 amide bonds. The van der Waals surface area contributed by atoms with Gasteiger partial charge in [-0.3, -0.25) is 0 Å². The zero-order chi connectivity index (χ0) is 36.1. The number of hydrogen-bond donors (Lipinski definition) is 0. The minimum Gasteiger partial charge on any atom is -0.416 e. The van der Waals surface area contributed by atoms with Gasteiger partial charge in [0.05, 0.1) is 18.3 Å². The third-order valence-corrected chi connectivity index (χ3v) is 26.9. The Morgan fingerprint density at radius 3 is 1.65 bits per heavy atom. The number of methoxy groups -OCH3 is 1. The van der Waals surface area contributed by atoms with Crippen LogP contribution in [-0.2, 0) is 22.8 Å². The summed E-state index contributed by atoms with van der Waals surface area (Å²) < 4.78 is 27.8. The molecule has 0 aliphatic heterocycles. The van der Waals surface area contributed by atoms with Gasteiger partial charge in [0.25, 0.3) is 0 Å². The first kappa shape index (κ1) is 45.9. The summed E-state index contributed by atoms with van der Waals surface area (Å²) in [5.41, 5.74) is 1.64. The molecule has 0 saturated carbocycles. The molecule has 274 valence electrons. The van der Waals surface area contributed by atoms with Crippen molar-refractivity contribution in [3.8, 4) is 0 Å². The monoisotopic (exact) mass is 701 g/mol. The molecule has 0 fully saturated rings. The van der Waals surface area contributed by atoms with Crippen LogP contribution in [0.25, 0.3) is 0 Å². The van der Waals surface area contributed by atoms with Gasteiger partial charge in [0.2, 0.25) is 0 Å². The maximum absolute atomic E-state index is 11.1. The predicted octanol–water partition coefficient (Wildman–Crippen LogP) is 11.8. The average Bonchev–Trinajstić information content (AvgIpc) is 2.96. The lowest BCUT2D eigenvalue weighted by Gasteiger charge is -2.47. The smallest absolute Gasteiger partial charge is 0.200 e. The van der Waals surface area contributed by atoms with Gasteiger partial charge in [-0.25, -0.2) is 0 Å². The fraction of sp³-hybridized carbons (Fsp3) is 0.921. The van der Waals surface area contributed by atoms with Crippen molar-refractivity contribution in [2.24, 2.45) is 17.8 Å². The molecule has 5 nitrogen and oxygen atoms in total. The number of rotatable bonds is 24. The van der Waals surface area contributed by atoms with Crippen LogP contribution in [0.2, 0.25) is 52.9 Å². The zero-order valence-corrected chi connectivity index (χ0v) is 36.9. The van der Waals surface area contributed by atoms with Crippen molar-refractivity contribution in [3.63, 3.8) is 0 Å². The summed E-state index contributed by atoms with van der Waals surface area (Å²) in [6.45, 7) is 40.6. The van der Waals surface area contributed by atoms with Gasteiger partial charge in [0, 0.05) is 32.0 Å². The molecule has 0 rings (SSSR count). The molecular weight excluding hydrogens is 621 g/mol. The van der Waals surface area contributed by atoms with Crippen molar-refractivity contribution in [2.45, 2.75) is 194 Å². The molecule has 0 aliphatic rings. The lowest BCUT2D eigenvalue weighted by Crippen LogP contribution is -2.53. The van der Waals surface area contributed by atoms with Gasteiger partial charge in [0.1, 0.15) is 6.29 Å². The van der Waals surface area contributed by atoms with Crippen LogP contribution < -0.4 is 0 Å². The Balaban J connectivity index is 6.75. The lowest BCUT2D eigenvalue weighted by atomic mass is 9.88. The second kappa shape index (κ2) is 20.5. The second-order valence-corrected chi connectivity index (χ2v) is 31.8. The molecule has 0 spiro atoms. The number of carbonyl (C=O) groups excluding carboxylic acids is 1. The lowest BCUT2D eigenvalue weighted by molar-refractivity contribution is -0.108. The van der Waals surface area contributed by atoms with E-state index in [9.17, 15) is 4.79 Å². The Morgan fingerprint density at radius 2 is 1.26 bits per heavy atom. The molecule has 8 heteroatoms. The molecule has 0 aromatic rings. The number of ether oxygens (including phenoxy) is 1. The van der Waals surface area contributed by atoms with Crippen LogP contribution in [0.5, 0.6) is 0 Å².